The molecular formula is C21H26FN3O2. The van der Waals surface area contributed by atoms with E-state index in [1.807, 2.05) is 36.3 Å². The van der Waals surface area contributed by atoms with Crippen molar-refractivity contribution in [1.29, 1.82) is 0 Å². The first-order valence-corrected chi connectivity index (χ1v) is 9.39. The first kappa shape index (κ1) is 19.3. The number of benzene rings is 1. The maximum atomic E-state index is 13.2. The summed E-state index contributed by atoms with van der Waals surface area (Å²) in [5, 5.41) is 0. The number of aryl methyl sites for hydroxylation is 1. The fourth-order valence-electron chi connectivity index (χ4n) is 3.70. The summed E-state index contributed by atoms with van der Waals surface area (Å²) in [5.74, 6) is -0.0336. The van der Waals surface area contributed by atoms with Crippen molar-refractivity contribution < 1.29 is 14.0 Å². The first-order valence-electron chi connectivity index (χ1n) is 9.39. The molecule has 0 radical (unpaired) electrons. The van der Waals surface area contributed by atoms with Gasteiger partial charge in [-0.25, -0.2) is 4.39 Å². The topological polar surface area (TPSA) is 45.6 Å². The number of hydrogen-bond donors (Lipinski definition) is 0. The molecule has 1 amide bonds. The van der Waals surface area contributed by atoms with Gasteiger partial charge in [0.25, 0.3) is 0 Å². The Bertz CT molecular complexity index is 834. The molecule has 27 heavy (non-hydrogen) atoms. The van der Waals surface area contributed by atoms with E-state index in [1.165, 1.54) is 12.1 Å². The molecule has 0 atom stereocenters. The highest BCUT2D eigenvalue weighted by Gasteiger charge is 2.23. The van der Waals surface area contributed by atoms with Crippen LogP contribution in [0, 0.1) is 19.7 Å². The quantitative estimate of drug-likeness (QED) is 0.759. The lowest BCUT2D eigenvalue weighted by atomic mass is 10.1. The second-order valence-electron chi connectivity index (χ2n) is 7.03. The van der Waals surface area contributed by atoms with Crippen LogP contribution in [0.3, 0.4) is 0 Å². The number of aromatic nitrogens is 1. The zero-order chi connectivity index (χ0) is 19.6. The summed E-state index contributed by atoms with van der Waals surface area (Å²) in [7, 11) is 0. The van der Waals surface area contributed by atoms with Gasteiger partial charge in [0.2, 0.25) is 5.91 Å². The molecule has 1 aliphatic heterocycles. The van der Waals surface area contributed by atoms with Gasteiger partial charge < -0.3 is 9.47 Å². The average Bonchev–Trinajstić information content (AvgIpc) is 2.97. The molecule has 144 valence electrons. The normalized spacial score (nSPS) is 15.2. The Balaban J connectivity index is 1.70. The van der Waals surface area contributed by atoms with Crippen molar-refractivity contribution in [3.05, 3.63) is 53.1 Å². The third-order valence-electron chi connectivity index (χ3n) is 5.21. The smallest absolute Gasteiger partial charge is 0.222 e. The second-order valence-corrected chi connectivity index (χ2v) is 7.03. The summed E-state index contributed by atoms with van der Waals surface area (Å²) < 4.78 is 15.2. The summed E-state index contributed by atoms with van der Waals surface area (Å²) in [6, 6.07) is 8.18. The largest absolute Gasteiger partial charge is 0.340 e. The lowest BCUT2D eigenvalue weighted by Crippen LogP contribution is -2.49. The minimum atomic E-state index is -0.279. The summed E-state index contributed by atoms with van der Waals surface area (Å²) in [4.78, 5) is 28.6. The van der Waals surface area contributed by atoms with E-state index in [2.05, 4.69) is 4.90 Å². The number of nitrogens with zero attached hydrogens (tertiary/aromatic N) is 3. The lowest BCUT2D eigenvalue weighted by Gasteiger charge is -2.34. The van der Waals surface area contributed by atoms with E-state index in [0.29, 0.717) is 44.7 Å². The van der Waals surface area contributed by atoms with Gasteiger partial charge in [0.1, 0.15) is 5.82 Å². The van der Waals surface area contributed by atoms with Crippen LogP contribution in [0.5, 0.6) is 0 Å². The summed E-state index contributed by atoms with van der Waals surface area (Å²) in [6.45, 7) is 8.87. The SMILES string of the molecule is CCC(=O)N1CCN(CC(=O)c2cc(C)n(-c3ccc(F)cc3)c2C)CC1. The molecule has 5 nitrogen and oxygen atoms in total. The van der Waals surface area contributed by atoms with Crippen LogP contribution >= 0.6 is 0 Å². The zero-order valence-electron chi connectivity index (χ0n) is 16.2. The minimum Gasteiger partial charge on any atom is -0.340 e. The maximum Gasteiger partial charge on any atom is 0.222 e. The zero-order valence-corrected chi connectivity index (χ0v) is 16.2. The van der Waals surface area contributed by atoms with Gasteiger partial charge in [-0.15, -0.1) is 0 Å². The summed E-state index contributed by atoms with van der Waals surface area (Å²) in [5.41, 5.74) is 3.35. The molecule has 0 N–H and O–H groups in total. The molecule has 0 spiro atoms. The van der Waals surface area contributed by atoms with Crippen LogP contribution in [-0.2, 0) is 4.79 Å². The van der Waals surface area contributed by atoms with E-state index in [4.69, 9.17) is 0 Å². The molecule has 2 heterocycles. The van der Waals surface area contributed by atoms with Crippen molar-refractivity contribution in [3.8, 4) is 5.69 Å². The van der Waals surface area contributed by atoms with Crippen LogP contribution in [0.1, 0.15) is 35.1 Å². The molecule has 6 heteroatoms. The minimum absolute atomic E-state index is 0.0757. The van der Waals surface area contributed by atoms with Crippen molar-refractivity contribution >= 4 is 11.7 Å². The van der Waals surface area contributed by atoms with Crippen LogP contribution in [0.4, 0.5) is 4.39 Å². The highest BCUT2D eigenvalue weighted by atomic mass is 19.1. The molecule has 1 aromatic heterocycles. The molecule has 1 aromatic carbocycles. The molecule has 0 aliphatic carbocycles. The Kier molecular flexibility index (Phi) is 5.75. The first-order chi connectivity index (χ1) is 12.9. The van der Waals surface area contributed by atoms with Gasteiger partial charge in [-0.2, -0.15) is 0 Å². The van der Waals surface area contributed by atoms with Gasteiger partial charge in [0.05, 0.1) is 6.54 Å². The highest BCUT2D eigenvalue weighted by Crippen LogP contribution is 2.22. The molecule has 0 saturated carbocycles. The van der Waals surface area contributed by atoms with Crippen LogP contribution in [0.2, 0.25) is 0 Å². The third-order valence-corrected chi connectivity index (χ3v) is 5.21. The van der Waals surface area contributed by atoms with E-state index in [9.17, 15) is 14.0 Å². The summed E-state index contributed by atoms with van der Waals surface area (Å²) >= 11 is 0. The standard InChI is InChI=1S/C21H26FN3O2/c1-4-21(27)24-11-9-23(10-12-24)14-20(26)19-13-15(2)25(16(19)3)18-7-5-17(22)6-8-18/h5-8,13H,4,9-12,14H2,1-3H3. The van der Waals surface area contributed by atoms with Crippen molar-refractivity contribution in [3.63, 3.8) is 0 Å². The Morgan fingerprint density at radius 2 is 1.67 bits per heavy atom. The van der Waals surface area contributed by atoms with Crippen LogP contribution in [0.25, 0.3) is 5.69 Å². The molecular weight excluding hydrogens is 345 g/mol. The fraction of sp³-hybridized carbons (Fsp3) is 0.429. The predicted octanol–water partition coefficient (Wildman–Crippen LogP) is 2.97. The number of hydrogen-bond acceptors (Lipinski definition) is 3. The number of amides is 1. The Morgan fingerprint density at radius 1 is 1.04 bits per heavy atom. The lowest BCUT2D eigenvalue weighted by molar-refractivity contribution is -0.132. The Labute approximate surface area is 159 Å². The van der Waals surface area contributed by atoms with Crippen molar-refractivity contribution in [1.82, 2.24) is 14.4 Å². The van der Waals surface area contributed by atoms with Gasteiger partial charge in [-0.1, -0.05) is 6.92 Å². The fourth-order valence-corrected chi connectivity index (χ4v) is 3.70. The number of halogens is 1. The maximum absolute atomic E-state index is 13.2. The average molecular weight is 371 g/mol. The van der Waals surface area contributed by atoms with Crippen LogP contribution in [-0.4, -0.2) is 58.8 Å². The van der Waals surface area contributed by atoms with E-state index in [1.54, 1.807) is 12.1 Å². The summed E-state index contributed by atoms with van der Waals surface area (Å²) in [6.07, 6.45) is 0.522. The molecule has 1 saturated heterocycles. The van der Waals surface area contributed by atoms with Gasteiger partial charge in [0, 0.05) is 55.2 Å². The van der Waals surface area contributed by atoms with Crippen molar-refractivity contribution in [2.75, 3.05) is 32.7 Å². The van der Waals surface area contributed by atoms with Gasteiger partial charge in [-0.05, 0) is 44.2 Å². The van der Waals surface area contributed by atoms with Gasteiger partial charge >= 0.3 is 0 Å². The van der Waals surface area contributed by atoms with Gasteiger partial charge in [0.15, 0.2) is 5.78 Å². The number of carbonyl (C=O) groups excluding carboxylic acids is 2. The number of piperazine rings is 1. The van der Waals surface area contributed by atoms with Crippen molar-refractivity contribution in [2.24, 2.45) is 0 Å². The van der Waals surface area contributed by atoms with E-state index in [-0.39, 0.29) is 17.5 Å². The molecule has 0 unspecified atom stereocenters. The Morgan fingerprint density at radius 3 is 2.26 bits per heavy atom. The number of ketones is 1. The highest BCUT2D eigenvalue weighted by molar-refractivity contribution is 5.99. The third kappa shape index (κ3) is 4.11. The monoisotopic (exact) mass is 371 g/mol. The van der Waals surface area contributed by atoms with Gasteiger partial charge in [-0.3, -0.25) is 14.5 Å². The second kappa shape index (κ2) is 8.05. The number of carbonyl (C=O) groups is 2. The molecule has 1 aliphatic rings. The van der Waals surface area contributed by atoms with E-state index < -0.39 is 0 Å². The van der Waals surface area contributed by atoms with Crippen molar-refractivity contribution in [2.45, 2.75) is 27.2 Å². The van der Waals surface area contributed by atoms with E-state index in [0.717, 1.165) is 17.1 Å². The van der Waals surface area contributed by atoms with Crippen LogP contribution in [0.15, 0.2) is 30.3 Å². The molecule has 2 aromatic rings. The number of rotatable bonds is 5. The predicted molar refractivity (Wildman–Crippen MR) is 103 cm³/mol. The molecule has 3 rings (SSSR count). The number of Topliss-reactive ketones (excluding diaryl/α,β-unsaturated/α-hetero) is 1. The Hall–Kier alpha value is -2.47. The van der Waals surface area contributed by atoms with Crippen LogP contribution < -0.4 is 0 Å². The molecule has 1 fully saturated rings. The van der Waals surface area contributed by atoms with E-state index >= 15 is 0 Å². The molecule has 0 bridgehead atoms.